The molecule has 1 aliphatic rings. The molecule has 0 saturated heterocycles. The highest BCUT2D eigenvalue weighted by Gasteiger charge is 2.26. The Morgan fingerprint density at radius 1 is 1.09 bits per heavy atom. The standard InChI is InChI=1S/C17H12FNO3/c1-21-14-8-2-11(3-9-14)10-15-16(19-22-17(15)20)12-4-6-13(18)7-5-12/h2-10H,1H3/b15-10+. The molecule has 0 fully saturated rings. The molecule has 0 unspecified atom stereocenters. The van der Waals surface area contributed by atoms with Crippen molar-refractivity contribution in [1.29, 1.82) is 0 Å². The Kier molecular flexibility index (Phi) is 3.70. The topological polar surface area (TPSA) is 47.9 Å². The van der Waals surface area contributed by atoms with Crippen LogP contribution < -0.4 is 4.74 Å². The number of methoxy groups -OCH3 is 1. The molecule has 0 radical (unpaired) electrons. The predicted molar refractivity (Wildman–Crippen MR) is 80.0 cm³/mol. The van der Waals surface area contributed by atoms with Crippen LogP contribution in [0.15, 0.2) is 59.3 Å². The summed E-state index contributed by atoms with van der Waals surface area (Å²) in [4.78, 5) is 16.6. The summed E-state index contributed by atoms with van der Waals surface area (Å²) in [5.74, 6) is -0.158. The van der Waals surface area contributed by atoms with Gasteiger partial charge in [0.1, 0.15) is 17.3 Å². The molecule has 4 nitrogen and oxygen atoms in total. The van der Waals surface area contributed by atoms with Gasteiger partial charge in [0.15, 0.2) is 0 Å². The van der Waals surface area contributed by atoms with Crippen molar-refractivity contribution in [2.24, 2.45) is 5.16 Å². The highest BCUT2D eigenvalue weighted by Crippen LogP contribution is 2.22. The van der Waals surface area contributed by atoms with Crippen molar-refractivity contribution in [1.82, 2.24) is 0 Å². The summed E-state index contributed by atoms with van der Waals surface area (Å²) in [6.45, 7) is 0. The largest absolute Gasteiger partial charge is 0.497 e. The van der Waals surface area contributed by atoms with Gasteiger partial charge in [-0.1, -0.05) is 17.3 Å². The van der Waals surface area contributed by atoms with Crippen molar-refractivity contribution in [3.8, 4) is 5.75 Å². The van der Waals surface area contributed by atoms with Gasteiger partial charge in [-0.15, -0.1) is 0 Å². The summed E-state index contributed by atoms with van der Waals surface area (Å²) in [5.41, 5.74) is 2.15. The van der Waals surface area contributed by atoms with Crippen molar-refractivity contribution in [2.75, 3.05) is 7.11 Å². The molecule has 0 atom stereocenters. The Morgan fingerprint density at radius 2 is 1.77 bits per heavy atom. The van der Waals surface area contributed by atoms with Crippen LogP contribution in [-0.2, 0) is 9.63 Å². The Balaban J connectivity index is 1.95. The summed E-state index contributed by atoms with van der Waals surface area (Å²) in [5, 5.41) is 3.78. The molecule has 0 saturated carbocycles. The van der Waals surface area contributed by atoms with E-state index in [1.54, 1.807) is 37.5 Å². The molecule has 1 aliphatic heterocycles. The highest BCUT2D eigenvalue weighted by atomic mass is 19.1. The van der Waals surface area contributed by atoms with Crippen LogP contribution in [-0.4, -0.2) is 18.8 Å². The lowest BCUT2D eigenvalue weighted by Crippen LogP contribution is -2.06. The molecule has 0 spiro atoms. The highest BCUT2D eigenvalue weighted by molar-refractivity contribution is 6.31. The summed E-state index contributed by atoms with van der Waals surface area (Å²) in [6, 6.07) is 13.0. The minimum absolute atomic E-state index is 0.330. The van der Waals surface area contributed by atoms with E-state index in [0.717, 1.165) is 11.3 Å². The van der Waals surface area contributed by atoms with E-state index in [0.29, 0.717) is 16.8 Å². The van der Waals surface area contributed by atoms with E-state index in [2.05, 4.69) is 5.16 Å². The van der Waals surface area contributed by atoms with Gasteiger partial charge in [0, 0.05) is 5.56 Å². The smallest absolute Gasteiger partial charge is 0.368 e. The van der Waals surface area contributed by atoms with Crippen molar-refractivity contribution in [3.63, 3.8) is 0 Å². The van der Waals surface area contributed by atoms with E-state index in [9.17, 15) is 9.18 Å². The Labute approximate surface area is 126 Å². The fraction of sp³-hybridized carbons (Fsp3) is 0.0588. The molecule has 3 rings (SSSR count). The zero-order valence-corrected chi connectivity index (χ0v) is 11.7. The van der Waals surface area contributed by atoms with Crippen LogP contribution in [0.3, 0.4) is 0 Å². The number of hydrogen-bond donors (Lipinski definition) is 0. The lowest BCUT2D eigenvalue weighted by Gasteiger charge is -2.02. The summed E-state index contributed by atoms with van der Waals surface area (Å²) >= 11 is 0. The normalized spacial score (nSPS) is 15.6. The van der Waals surface area contributed by atoms with E-state index < -0.39 is 5.97 Å². The Hall–Kier alpha value is -2.95. The van der Waals surface area contributed by atoms with Crippen molar-refractivity contribution >= 4 is 17.8 Å². The molecule has 0 N–H and O–H groups in total. The van der Waals surface area contributed by atoms with Crippen molar-refractivity contribution in [3.05, 3.63) is 71.0 Å². The lowest BCUT2D eigenvalue weighted by atomic mass is 10.0. The molecule has 0 aliphatic carbocycles. The number of benzene rings is 2. The second-order valence-corrected chi connectivity index (χ2v) is 4.66. The number of halogens is 1. The van der Waals surface area contributed by atoms with Gasteiger partial charge < -0.3 is 9.57 Å². The number of hydrogen-bond acceptors (Lipinski definition) is 4. The maximum Gasteiger partial charge on any atom is 0.368 e. The Morgan fingerprint density at radius 3 is 2.41 bits per heavy atom. The van der Waals surface area contributed by atoms with Crippen LogP contribution in [0.4, 0.5) is 4.39 Å². The van der Waals surface area contributed by atoms with Crippen molar-refractivity contribution < 1.29 is 18.8 Å². The third-order valence-electron chi connectivity index (χ3n) is 3.24. The number of ether oxygens (including phenoxy) is 1. The molecule has 110 valence electrons. The van der Waals surface area contributed by atoms with Crippen LogP contribution in [0, 0.1) is 5.82 Å². The first-order valence-corrected chi connectivity index (χ1v) is 6.59. The second-order valence-electron chi connectivity index (χ2n) is 4.66. The molecular formula is C17H12FNO3. The van der Waals surface area contributed by atoms with E-state index in [-0.39, 0.29) is 5.82 Å². The molecule has 0 aromatic heterocycles. The van der Waals surface area contributed by atoms with E-state index in [1.165, 1.54) is 12.1 Å². The first-order chi connectivity index (χ1) is 10.7. The number of rotatable bonds is 3. The average molecular weight is 297 g/mol. The van der Waals surface area contributed by atoms with E-state index in [1.807, 2.05) is 12.1 Å². The van der Waals surface area contributed by atoms with Gasteiger partial charge in [-0.3, -0.25) is 0 Å². The molecule has 5 heteroatoms. The summed E-state index contributed by atoms with van der Waals surface area (Å²) < 4.78 is 18.1. The Bertz CT molecular complexity index is 761. The minimum Gasteiger partial charge on any atom is -0.497 e. The number of carbonyl (C=O) groups is 1. The average Bonchev–Trinajstić information content (AvgIpc) is 2.90. The van der Waals surface area contributed by atoms with Gasteiger partial charge >= 0.3 is 5.97 Å². The third-order valence-corrected chi connectivity index (χ3v) is 3.24. The zero-order valence-electron chi connectivity index (χ0n) is 11.7. The van der Waals surface area contributed by atoms with Gasteiger partial charge in [-0.05, 0) is 48.0 Å². The molecule has 22 heavy (non-hydrogen) atoms. The van der Waals surface area contributed by atoms with Crippen LogP contribution in [0.5, 0.6) is 5.75 Å². The lowest BCUT2D eigenvalue weighted by molar-refractivity contribution is -0.136. The summed E-state index contributed by atoms with van der Waals surface area (Å²) in [7, 11) is 1.58. The number of carbonyl (C=O) groups excluding carboxylic acids is 1. The first kappa shape index (κ1) is 14.0. The zero-order chi connectivity index (χ0) is 15.5. The maximum atomic E-state index is 13.0. The third kappa shape index (κ3) is 2.74. The van der Waals surface area contributed by atoms with E-state index >= 15 is 0 Å². The second kappa shape index (κ2) is 5.81. The number of nitrogens with zero attached hydrogens (tertiary/aromatic N) is 1. The predicted octanol–water partition coefficient (Wildman–Crippen LogP) is 3.18. The van der Waals surface area contributed by atoms with Crippen molar-refractivity contribution in [2.45, 2.75) is 0 Å². The molecule has 2 aromatic carbocycles. The van der Waals surface area contributed by atoms with Gasteiger partial charge in [0.2, 0.25) is 0 Å². The molecule has 1 heterocycles. The number of oxime groups is 1. The van der Waals surface area contributed by atoms with Crippen LogP contribution in [0.1, 0.15) is 11.1 Å². The first-order valence-electron chi connectivity index (χ1n) is 6.59. The molecular weight excluding hydrogens is 285 g/mol. The quantitative estimate of drug-likeness (QED) is 0.646. The fourth-order valence-corrected chi connectivity index (χ4v) is 2.09. The monoisotopic (exact) mass is 297 g/mol. The minimum atomic E-state index is -0.532. The van der Waals surface area contributed by atoms with Gasteiger partial charge in [0.25, 0.3) is 0 Å². The van der Waals surface area contributed by atoms with E-state index in [4.69, 9.17) is 9.57 Å². The molecule has 2 aromatic rings. The SMILES string of the molecule is COc1ccc(/C=C2/C(=O)ON=C2c2ccc(F)cc2)cc1. The van der Waals surface area contributed by atoms with Gasteiger partial charge in [0.05, 0.1) is 12.7 Å². The maximum absolute atomic E-state index is 13.0. The summed E-state index contributed by atoms with van der Waals surface area (Å²) in [6.07, 6.45) is 1.68. The molecule has 0 amide bonds. The fourth-order valence-electron chi connectivity index (χ4n) is 2.09. The molecule has 0 bridgehead atoms. The van der Waals surface area contributed by atoms with Gasteiger partial charge in [-0.2, -0.15) is 0 Å². The van der Waals surface area contributed by atoms with Crippen LogP contribution in [0.2, 0.25) is 0 Å². The van der Waals surface area contributed by atoms with Crippen LogP contribution >= 0.6 is 0 Å². The van der Waals surface area contributed by atoms with Gasteiger partial charge in [-0.25, -0.2) is 9.18 Å². The van der Waals surface area contributed by atoms with Crippen LogP contribution in [0.25, 0.3) is 6.08 Å².